The average molecular weight is 321 g/mol. The molecule has 0 saturated carbocycles. The lowest BCUT2D eigenvalue weighted by atomic mass is 10.00. The highest BCUT2D eigenvalue weighted by Crippen LogP contribution is 2.38. The van der Waals surface area contributed by atoms with Gasteiger partial charge in [0.2, 0.25) is 0 Å². The minimum atomic E-state index is -4.45. The quantitative estimate of drug-likeness (QED) is 0.821. The van der Waals surface area contributed by atoms with Crippen molar-refractivity contribution in [2.24, 2.45) is 5.92 Å². The average Bonchev–Trinajstić information content (AvgIpc) is 2.54. The molecule has 23 heavy (non-hydrogen) atoms. The predicted molar refractivity (Wildman–Crippen MR) is 83.1 cm³/mol. The molecule has 6 heteroatoms. The first kappa shape index (κ1) is 15.8. The van der Waals surface area contributed by atoms with Gasteiger partial charge in [-0.25, -0.2) is 0 Å². The number of aromatic nitrogens is 2. The van der Waals surface area contributed by atoms with Gasteiger partial charge in [-0.2, -0.15) is 13.2 Å². The van der Waals surface area contributed by atoms with Crippen molar-refractivity contribution in [3.8, 4) is 11.3 Å². The number of rotatable bonds is 2. The maximum atomic E-state index is 13.5. The second-order valence-electron chi connectivity index (χ2n) is 6.02. The maximum absolute atomic E-state index is 13.5. The van der Waals surface area contributed by atoms with Gasteiger partial charge < -0.3 is 4.90 Å². The van der Waals surface area contributed by atoms with E-state index < -0.39 is 11.7 Å². The third kappa shape index (κ3) is 3.46. The van der Waals surface area contributed by atoms with Gasteiger partial charge in [0.15, 0.2) is 5.82 Å². The first-order valence-electron chi connectivity index (χ1n) is 7.70. The molecule has 1 saturated heterocycles. The van der Waals surface area contributed by atoms with Crippen molar-refractivity contribution >= 4 is 5.82 Å². The van der Waals surface area contributed by atoms with Crippen LogP contribution in [-0.4, -0.2) is 23.3 Å². The molecule has 2 aromatic rings. The normalized spacial score (nSPS) is 19.0. The molecule has 1 aliphatic rings. The summed E-state index contributed by atoms with van der Waals surface area (Å²) < 4.78 is 40.5. The molecule has 0 amide bonds. The number of alkyl halides is 3. The van der Waals surface area contributed by atoms with E-state index in [-0.39, 0.29) is 11.5 Å². The number of piperidine rings is 1. The fraction of sp³-hybridized carbons (Fsp3) is 0.412. The van der Waals surface area contributed by atoms with Gasteiger partial charge in [0.1, 0.15) is 5.56 Å². The molecular formula is C17H18F3N3. The van der Waals surface area contributed by atoms with Gasteiger partial charge >= 0.3 is 6.18 Å². The van der Waals surface area contributed by atoms with Crippen LogP contribution < -0.4 is 4.90 Å². The Hall–Kier alpha value is -2.11. The Kier molecular flexibility index (Phi) is 4.24. The zero-order chi connectivity index (χ0) is 16.4. The number of benzene rings is 1. The molecule has 1 aromatic heterocycles. The first-order chi connectivity index (χ1) is 10.9. The summed E-state index contributed by atoms with van der Waals surface area (Å²) in [7, 11) is 0. The van der Waals surface area contributed by atoms with E-state index in [9.17, 15) is 13.2 Å². The van der Waals surface area contributed by atoms with E-state index in [0.29, 0.717) is 24.6 Å². The Balaban J connectivity index is 2.03. The third-order valence-corrected chi connectivity index (χ3v) is 4.11. The fourth-order valence-corrected chi connectivity index (χ4v) is 2.96. The van der Waals surface area contributed by atoms with Gasteiger partial charge in [0.25, 0.3) is 0 Å². The maximum Gasteiger partial charge on any atom is 0.420 e. The van der Waals surface area contributed by atoms with Gasteiger partial charge in [-0.05, 0) is 24.8 Å². The first-order valence-corrected chi connectivity index (χ1v) is 7.70. The topological polar surface area (TPSA) is 29.0 Å². The summed E-state index contributed by atoms with van der Waals surface area (Å²) in [6, 6.07) is 9.91. The Morgan fingerprint density at radius 1 is 1.13 bits per heavy atom. The summed E-state index contributed by atoms with van der Waals surface area (Å²) in [5.74, 6) is 0.309. The summed E-state index contributed by atoms with van der Waals surface area (Å²) in [5.41, 5.74) is 0.163. The van der Waals surface area contributed by atoms with Gasteiger partial charge in [-0.3, -0.25) is 0 Å². The van der Waals surface area contributed by atoms with E-state index >= 15 is 0 Å². The van der Waals surface area contributed by atoms with Crippen molar-refractivity contribution in [1.29, 1.82) is 0 Å². The summed E-state index contributed by atoms with van der Waals surface area (Å²) >= 11 is 0. The van der Waals surface area contributed by atoms with Crippen LogP contribution in [0.1, 0.15) is 25.3 Å². The van der Waals surface area contributed by atoms with E-state index in [2.05, 4.69) is 10.2 Å². The predicted octanol–water partition coefficient (Wildman–Crippen LogP) is 4.40. The Morgan fingerprint density at radius 3 is 2.52 bits per heavy atom. The zero-order valence-electron chi connectivity index (χ0n) is 12.8. The summed E-state index contributed by atoms with van der Waals surface area (Å²) in [6.07, 6.45) is -2.54. The molecule has 122 valence electrons. The number of anilines is 1. The van der Waals surface area contributed by atoms with Crippen LogP contribution in [0.4, 0.5) is 19.0 Å². The monoisotopic (exact) mass is 321 g/mol. The van der Waals surface area contributed by atoms with E-state index in [0.717, 1.165) is 18.9 Å². The van der Waals surface area contributed by atoms with Crippen molar-refractivity contribution in [2.45, 2.75) is 25.9 Å². The Bertz CT molecular complexity index is 671. The third-order valence-electron chi connectivity index (χ3n) is 4.11. The second-order valence-corrected chi connectivity index (χ2v) is 6.02. The fourth-order valence-electron chi connectivity index (χ4n) is 2.96. The largest absolute Gasteiger partial charge is 0.420 e. The van der Waals surface area contributed by atoms with E-state index in [1.165, 1.54) is 0 Å². The second kappa shape index (κ2) is 6.18. The molecule has 0 radical (unpaired) electrons. The molecule has 0 spiro atoms. The van der Waals surface area contributed by atoms with Crippen LogP contribution in [0.5, 0.6) is 0 Å². The highest BCUT2D eigenvalue weighted by atomic mass is 19.4. The Morgan fingerprint density at radius 2 is 1.87 bits per heavy atom. The lowest BCUT2D eigenvalue weighted by Gasteiger charge is -2.33. The van der Waals surface area contributed by atoms with Crippen LogP contribution in [-0.2, 0) is 6.18 Å². The number of halogens is 3. The summed E-state index contributed by atoms with van der Waals surface area (Å²) in [6.45, 7) is 3.22. The van der Waals surface area contributed by atoms with Crippen LogP contribution in [0.3, 0.4) is 0 Å². The summed E-state index contributed by atoms with van der Waals surface area (Å²) in [4.78, 5) is 1.71. The molecule has 3 nitrogen and oxygen atoms in total. The minimum absolute atomic E-state index is 0.0521. The van der Waals surface area contributed by atoms with Crippen molar-refractivity contribution in [3.05, 3.63) is 42.0 Å². The highest BCUT2D eigenvalue weighted by Gasteiger charge is 2.37. The molecule has 0 aliphatic carbocycles. The van der Waals surface area contributed by atoms with Crippen molar-refractivity contribution in [1.82, 2.24) is 10.2 Å². The SMILES string of the molecule is C[C@H]1CCCN(c2nnc(-c3ccccc3)cc2C(F)(F)F)C1. The van der Waals surface area contributed by atoms with Gasteiger partial charge in [0, 0.05) is 18.7 Å². The van der Waals surface area contributed by atoms with Gasteiger partial charge in [-0.1, -0.05) is 37.3 Å². The lowest BCUT2D eigenvalue weighted by molar-refractivity contribution is -0.137. The Labute approximate surface area is 133 Å². The molecule has 2 heterocycles. The molecule has 0 bridgehead atoms. The minimum Gasteiger partial charge on any atom is -0.354 e. The molecule has 3 rings (SSSR count). The van der Waals surface area contributed by atoms with Crippen LogP contribution in [0, 0.1) is 5.92 Å². The number of hydrogen-bond acceptors (Lipinski definition) is 3. The smallest absolute Gasteiger partial charge is 0.354 e. The van der Waals surface area contributed by atoms with Crippen LogP contribution in [0.25, 0.3) is 11.3 Å². The molecule has 0 N–H and O–H groups in total. The number of nitrogens with zero attached hydrogens (tertiary/aromatic N) is 3. The van der Waals surface area contributed by atoms with Crippen LogP contribution in [0.2, 0.25) is 0 Å². The van der Waals surface area contributed by atoms with E-state index in [1.54, 1.807) is 29.2 Å². The molecule has 1 atom stereocenters. The molecule has 0 unspecified atom stereocenters. The standard InChI is InChI=1S/C17H18F3N3/c1-12-6-5-9-23(11-12)16-14(17(18,19)20)10-15(21-22-16)13-7-3-2-4-8-13/h2-4,7-8,10,12H,5-6,9,11H2,1H3/t12-/m0/s1. The van der Waals surface area contributed by atoms with Crippen LogP contribution >= 0.6 is 0 Å². The highest BCUT2D eigenvalue weighted by molar-refractivity contribution is 5.62. The van der Waals surface area contributed by atoms with Gasteiger partial charge in [0.05, 0.1) is 5.69 Å². The van der Waals surface area contributed by atoms with Crippen molar-refractivity contribution in [2.75, 3.05) is 18.0 Å². The van der Waals surface area contributed by atoms with Crippen molar-refractivity contribution in [3.63, 3.8) is 0 Å². The van der Waals surface area contributed by atoms with Crippen LogP contribution in [0.15, 0.2) is 36.4 Å². The van der Waals surface area contributed by atoms with E-state index in [1.807, 2.05) is 13.0 Å². The van der Waals surface area contributed by atoms with Gasteiger partial charge in [-0.15, -0.1) is 10.2 Å². The summed E-state index contributed by atoms with van der Waals surface area (Å²) in [5, 5.41) is 7.97. The lowest BCUT2D eigenvalue weighted by Crippen LogP contribution is -2.36. The molecule has 1 aliphatic heterocycles. The molecule has 1 aromatic carbocycles. The molecule has 1 fully saturated rings. The van der Waals surface area contributed by atoms with E-state index in [4.69, 9.17) is 0 Å². The molecular weight excluding hydrogens is 303 g/mol. The number of hydrogen-bond donors (Lipinski definition) is 0. The van der Waals surface area contributed by atoms with Crippen molar-refractivity contribution < 1.29 is 13.2 Å². The zero-order valence-corrected chi connectivity index (χ0v) is 12.8.